The van der Waals surface area contributed by atoms with Gasteiger partial charge in [-0.25, -0.2) is 0 Å². The van der Waals surface area contributed by atoms with Gasteiger partial charge in [0.25, 0.3) is 0 Å². The molecule has 0 heterocycles. The van der Waals surface area contributed by atoms with E-state index in [0.29, 0.717) is 5.25 Å². The number of hydrogen-bond acceptors (Lipinski definition) is 3. The second-order valence-corrected chi connectivity index (χ2v) is 5.77. The molecule has 0 radical (unpaired) electrons. The molecule has 0 aromatic carbocycles. The van der Waals surface area contributed by atoms with Gasteiger partial charge in [-0.2, -0.15) is 11.8 Å². The van der Waals surface area contributed by atoms with Crippen LogP contribution >= 0.6 is 11.8 Å². The molecule has 1 unspecified atom stereocenters. The second kappa shape index (κ2) is 9.81. The molecule has 14 heavy (non-hydrogen) atoms. The molecule has 0 spiro atoms. The summed E-state index contributed by atoms with van der Waals surface area (Å²) in [6.07, 6.45) is 1.12. The molecule has 0 rings (SSSR count). The highest BCUT2D eigenvalue weighted by Gasteiger charge is 2.03. The number of thioether (sulfide) groups is 1. The van der Waals surface area contributed by atoms with Crippen molar-refractivity contribution in [2.75, 3.05) is 26.3 Å². The van der Waals surface area contributed by atoms with Crippen LogP contribution in [0.3, 0.4) is 0 Å². The number of hydrogen-bond donors (Lipinski definition) is 1. The van der Waals surface area contributed by atoms with Crippen LogP contribution in [0.25, 0.3) is 0 Å². The van der Waals surface area contributed by atoms with E-state index in [0.717, 1.165) is 38.0 Å². The third-order valence-electron chi connectivity index (χ3n) is 1.78. The van der Waals surface area contributed by atoms with Crippen LogP contribution in [0.15, 0.2) is 0 Å². The van der Waals surface area contributed by atoms with E-state index in [1.54, 1.807) is 0 Å². The standard InChI is InChI=1S/C11H25NOS/c1-5-13-8-6-7-12-9-11(4)14-10(2)3/h10-12H,5-9H2,1-4H3. The van der Waals surface area contributed by atoms with Crippen LogP contribution in [0.1, 0.15) is 34.1 Å². The van der Waals surface area contributed by atoms with Gasteiger partial charge >= 0.3 is 0 Å². The van der Waals surface area contributed by atoms with Crippen LogP contribution in [0.4, 0.5) is 0 Å². The zero-order chi connectivity index (χ0) is 10.8. The fourth-order valence-corrected chi connectivity index (χ4v) is 2.40. The van der Waals surface area contributed by atoms with Crippen LogP contribution < -0.4 is 5.32 Å². The highest BCUT2D eigenvalue weighted by molar-refractivity contribution is 8.00. The Morgan fingerprint density at radius 2 is 2.00 bits per heavy atom. The largest absolute Gasteiger partial charge is 0.382 e. The lowest BCUT2D eigenvalue weighted by molar-refractivity contribution is 0.145. The topological polar surface area (TPSA) is 21.3 Å². The van der Waals surface area contributed by atoms with Crippen molar-refractivity contribution in [2.24, 2.45) is 0 Å². The zero-order valence-electron chi connectivity index (χ0n) is 10.0. The SMILES string of the molecule is CCOCCCNCC(C)SC(C)C. The lowest BCUT2D eigenvalue weighted by atomic mass is 10.4. The summed E-state index contributed by atoms with van der Waals surface area (Å²) < 4.78 is 5.26. The third kappa shape index (κ3) is 10.4. The maximum atomic E-state index is 5.26. The molecule has 0 aromatic heterocycles. The van der Waals surface area contributed by atoms with Crippen LogP contribution in [0.5, 0.6) is 0 Å². The van der Waals surface area contributed by atoms with Gasteiger partial charge in [-0.05, 0) is 25.1 Å². The summed E-state index contributed by atoms with van der Waals surface area (Å²) in [5.74, 6) is 0. The third-order valence-corrected chi connectivity index (χ3v) is 2.96. The quantitative estimate of drug-likeness (QED) is 0.602. The maximum absolute atomic E-state index is 5.26. The molecule has 0 saturated carbocycles. The van der Waals surface area contributed by atoms with Crippen molar-refractivity contribution in [2.45, 2.75) is 44.6 Å². The Bertz CT molecular complexity index is 120. The van der Waals surface area contributed by atoms with Crippen LogP contribution in [0.2, 0.25) is 0 Å². The first-order chi connectivity index (χ1) is 6.66. The Labute approximate surface area is 93.2 Å². The minimum Gasteiger partial charge on any atom is -0.382 e. The molecule has 0 bridgehead atoms. The highest BCUT2D eigenvalue weighted by atomic mass is 32.2. The van der Waals surface area contributed by atoms with Gasteiger partial charge in [-0.1, -0.05) is 20.8 Å². The molecule has 0 aliphatic heterocycles. The predicted molar refractivity (Wildman–Crippen MR) is 66.2 cm³/mol. The summed E-state index contributed by atoms with van der Waals surface area (Å²) in [5, 5.41) is 4.89. The Balaban J connectivity index is 3.10. The van der Waals surface area contributed by atoms with Gasteiger partial charge in [0.05, 0.1) is 0 Å². The fraction of sp³-hybridized carbons (Fsp3) is 1.00. The monoisotopic (exact) mass is 219 g/mol. The molecular formula is C11H25NOS. The number of nitrogens with one attached hydrogen (secondary N) is 1. The molecule has 3 heteroatoms. The van der Waals surface area contributed by atoms with Crippen molar-refractivity contribution < 1.29 is 4.74 Å². The van der Waals surface area contributed by atoms with E-state index in [9.17, 15) is 0 Å². The van der Waals surface area contributed by atoms with E-state index < -0.39 is 0 Å². The first-order valence-corrected chi connectivity index (χ1v) is 6.55. The molecule has 86 valence electrons. The zero-order valence-corrected chi connectivity index (χ0v) is 10.8. The molecule has 0 aliphatic carbocycles. The highest BCUT2D eigenvalue weighted by Crippen LogP contribution is 2.15. The van der Waals surface area contributed by atoms with E-state index in [4.69, 9.17) is 4.74 Å². The first kappa shape index (κ1) is 14.3. The van der Waals surface area contributed by atoms with Gasteiger partial charge in [0.15, 0.2) is 0 Å². The van der Waals surface area contributed by atoms with Gasteiger partial charge in [-0.15, -0.1) is 0 Å². The van der Waals surface area contributed by atoms with Gasteiger partial charge in [0, 0.05) is 25.0 Å². The lowest BCUT2D eigenvalue weighted by Gasteiger charge is -2.14. The molecule has 1 N–H and O–H groups in total. The van der Waals surface area contributed by atoms with Crippen molar-refractivity contribution in [3.05, 3.63) is 0 Å². The smallest absolute Gasteiger partial charge is 0.0477 e. The summed E-state index contributed by atoms with van der Waals surface area (Å²) in [5.41, 5.74) is 0. The summed E-state index contributed by atoms with van der Waals surface area (Å²) in [6.45, 7) is 12.7. The Morgan fingerprint density at radius 3 is 2.57 bits per heavy atom. The number of rotatable bonds is 9. The van der Waals surface area contributed by atoms with Crippen LogP contribution in [-0.4, -0.2) is 36.8 Å². The van der Waals surface area contributed by atoms with E-state index in [2.05, 4.69) is 26.1 Å². The van der Waals surface area contributed by atoms with Crippen molar-refractivity contribution >= 4 is 11.8 Å². The van der Waals surface area contributed by atoms with E-state index in [1.807, 2.05) is 18.7 Å². The average molecular weight is 219 g/mol. The first-order valence-electron chi connectivity index (χ1n) is 5.60. The Kier molecular flexibility index (Phi) is 10.0. The van der Waals surface area contributed by atoms with Crippen LogP contribution in [0, 0.1) is 0 Å². The van der Waals surface area contributed by atoms with Gasteiger partial charge in [0.2, 0.25) is 0 Å². The molecule has 0 fully saturated rings. The Hall–Kier alpha value is 0.270. The van der Waals surface area contributed by atoms with Gasteiger partial charge < -0.3 is 10.1 Å². The van der Waals surface area contributed by atoms with E-state index in [-0.39, 0.29) is 0 Å². The minimum atomic E-state index is 0.710. The molecule has 0 aliphatic rings. The fourth-order valence-electron chi connectivity index (χ4n) is 1.26. The summed E-state index contributed by atoms with van der Waals surface area (Å²) in [6, 6.07) is 0. The van der Waals surface area contributed by atoms with Gasteiger partial charge in [0.1, 0.15) is 0 Å². The average Bonchev–Trinajstić information content (AvgIpc) is 2.10. The molecule has 0 saturated heterocycles. The van der Waals surface area contributed by atoms with Crippen molar-refractivity contribution in [1.29, 1.82) is 0 Å². The summed E-state index contributed by atoms with van der Waals surface area (Å²) >= 11 is 2.03. The van der Waals surface area contributed by atoms with Crippen molar-refractivity contribution in [3.63, 3.8) is 0 Å². The van der Waals surface area contributed by atoms with Gasteiger partial charge in [-0.3, -0.25) is 0 Å². The van der Waals surface area contributed by atoms with E-state index in [1.165, 1.54) is 0 Å². The predicted octanol–water partition coefficient (Wildman–Crippen LogP) is 2.53. The van der Waals surface area contributed by atoms with Crippen LogP contribution in [-0.2, 0) is 4.74 Å². The maximum Gasteiger partial charge on any atom is 0.0477 e. The summed E-state index contributed by atoms with van der Waals surface area (Å²) in [7, 11) is 0. The lowest BCUT2D eigenvalue weighted by Crippen LogP contribution is -2.25. The van der Waals surface area contributed by atoms with Crippen molar-refractivity contribution in [1.82, 2.24) is 5.32 Å². The summed E-state index contributed by atoms with van der Waals surface area (Å²) in [4.78, 5) is 0. The second-order valence-electron chi connectivity index (χ2n) is 3.75. The molecular weight excluding hydrogens is 194 g/mol. The molecule has 1 atom stereocenters. The van der Waals surface area contributed by atoms with Crippen molar-refractivity contribution in [3.8, 4) is 0 Å². The molecule has 2 nitrogen and oxygen atoms in total. The molecule has 0 aromatic rings. The number of ether oxygens (including phenoxy) is 1. The normalized spacial score (nSPS) is 13.5. The molecule has 0 amide bonds. The Morgan fingerprint density at radius 1 is 1.29 bits per heavy atom. The minimum absolute atomic E-state index is 0.710. The van der Waals surface area contributed by atoms with E-state index >= 15 is 0 Å².